The Kier molecular flexibility index (Phi) is 4.11. The first kappa shape index (κ1) is 15.6. The maximum atomic E-state index is 5.26. The van der Waals surface area contributed by atoms with Crippen molar-refractivity contribution in [3.8, 4) is 17.1 Å². The van der Waals surface area contributed by atoms with Crippen LogP contribution in [-0.4, -0.2) is 19.7 Å². The third-order valence-electron chi connectivity index (χ3n) is 3.73. The van der Waals surface area contributed by atoms with E-state index in [0.717, 1.165) is 22.6 Å². The third kappa shape index (κ3) is 2.60. The summed E-state index contributed by atoms with van der Waals surface area (Å²) < 4.78 is 7.25. The van der Waals surface area contributed by atoms with Crippen LogP contribution in [-0.2, 0) is 20.1 Å². The first-order chi connectivity index (χ1) is 10.7. The fourth-order valence-corrected chi connectivity index (χ4v) is 2.70. The molecule has 0 aliphatic carbocycles. The van der Waals surface area contributed by atoms with Crippen molar-refractivity contribution in [3.63, 3.8) is 0 Å². The molecule has 4 rings (SSSR count). The molecule has 23 heavy (non-hydrogen) atoms. The first-order valence-electron chi connectivity index (χ1n) is 6.96. The molecule has 0 aliphatic rings. The molecule has 2 aromatic carbocycles. The summed E-state index contributed by atoms with van der Waals surface area (Å²) in [5, 5.41) is 8.33. The number of para-hydroxylation sites is 1. The normalized spacial score (nSPS) is 10.7. The molecule has 0 saturated carbocycles. The van der Waals surface area contributed by atoms with Gasteiger partial charge >= 0.3 is 0 Å². The van der Waals surface area contributed by atoms with Gasteiger partial charge in [-0.25, -0.2) is 4.98 Å². The largest absolute Gasteiger partial charge is 0.490 e. The molecule has 0 atom stereocenters. The van der Waals surface area contributed by atoms with E-state index in [-0.39, 0.29) is 20.1 Å². The number of aromatic nitrogens is 4. The minimum absolute atomic E-state index is 0. The van der Waals surface area contributed by atoms with Crippen molar-refractivity contribution >= 4 is 11.1 Å². The summed E-state index contributed by atoms with van der Waals surface area (Å²) in [6.45, 7) is 4.16. The fourth-order valence-electron chi connectivity index (χ4n) is 2.70. The average Bonchev–Trinajstić information content (AvgIpc) is 3.15. The van der Waals surface area contributed by atoms with Gasteiger partial charge in [0.2, 0.25) is 0 Å². The minimum Gasteiger partial charge on any atom is -0.490 e. The van der Waals surface area contributed by atoms with Crippen LogP contribution in [0.25, 0.3) is 28.2 Å². The molecule has 0 saturated heterocycles. The number of hydrogen-bond donors (Lipinski definition) is 0. The molecule has 0 spiro atoms. The van der Waals surface area contributed by atoms with Crippen LogP contribution >= 0.6 is 0 Å². The van der Waals surface area contributed by atoms with Crippen LogP contribution in [0.2, 0.25) is 0 Å². The Bertz CT molecular complexity index is 953. The van der Waals surface area contributed by atoms with Crippen molar-refractivity contribution in [2.45, 2.75) is 13.8 Å². The van der Waals surface area contributed by atoms with Gasteiger partial charge in [-0.05, 0) is 25.0 Å². The number of hydrogen-bond acceptors (Lipinski definition) is 4. The Labute approximate surface area is 146 Å². The van der Waals surface area contributed by atoms with E-state index in [1.807, 2.05) is 16.7 Å². The zero-order valence-corrected chi connectivity index (χ0v) is 15.0. The molecular formula is C17H13IrN4O-. The Morgan fingerprint density at radius 1 is 1.17 bits per heavy atom. The molecule has 0 aliphatic heterocycles. The quantitative estimate of drug-likeness (QED) is 0.412. The predicted molar refractivity (Wildman–Crippen MR) is 82.7 cm³/mol. The van der Waals surface area contributed by atoms with E-state index in [2.05, 4.69) is 47.2 Å². The maximum absolute atomic E-state index is 5.26. The molecule has 0 amide bonds. The summed E-state index contributed by atoms with van der Waals surface area (Å²) in [6, 6.07) is 13.1. The van der Waals surface area contributed by atoms with Crippen LogP contribution < -0.4 is 0 Å². The molecule has 2 heterocycles. The molecular weight excluding hydrogens is 468 g/mol. The van der Waals surface area contributed by atoms with Crippen molar-refractivity contribution in [2.75, 3.05) is 0 Å². The number of rotatable bonds is 2. The number of benzene rings is 2. The minimum atomic E-state index is 0. The van der Waals surface area contributed by atoms with Crippen LogP contribution in [0.3, 0.4) is 0 Å². The standard InChI is InChI=1S/C17H13N4O.Ir/c1-11-4-3-5-12(2)16(11)21-9-19-20-17(21)13-6-7-15-14(8-13)18-10-22-15;/h3-5,7-10H,1-2H3;/q-1;. The van der Waals surface area contributed by atoms with Crippen LogP contribution in [0.5, 0.6) is 0 Å². The smallest absolute Gasteiger partial charge is 0.169 e. The van der Waals surface area contributed by atoms with Crippen molar-refractivity contribution in [3.05, 3.63) is 60.2 Å². The number of fused-ring (bicyclic) bond motifs is 1. The topological polar surface area (TPSA) is 56.7 Å². The Balaban J connectivity index is 0.00000156. The second-order valence-corrected chi connectivity index (χ2v) is 5.21. The van der Waals surface area contributed by atoms with Gasteiger partial charge in [-0.2, -0.15) is 5.10 Å². The van der Waals surface area contributed by atoms with Gasteiger partial charge in [-0.15, -0.1) is 28.9 Å². The van der Waals surface area contributed by atoms with Gasteiger partial charge in [0.15, 0.2) is 6.39 Å². The van der Waals surface area contributed by atoms with Crippen LogP contribution in [0.4, 0.5) is 0 Å². The van der Waals surface area contributed by atoms with Crippen molar-refractivity contribution in [1.82, 2.24) is 19.7 Å². The first-order valence-corrected chi connectivity index (χ1v) is 6.96. The molecule has 0 bridgehead atoms. The molecule has 0 N–H and O–H groups in total. The Morgan fingerprint density at radius 2 is 1.96 bits per heavy atom. The predicted octanol–water partition coefficient (Wildman–Crippen LogP) is 3.49. The van der Waals surface area contributed by atoms with E-state index in [1.165, 1.54) is 17.5 Å². The molecule has 0 fully saturated rings. The van der Waals surface area contributed by atoms with E-state index in [1.54, 1.807) is 12.4 Å². The summed E-state index contributed by atoms with van der Waals surface area (Å²) >= 11 is 0. The molecule has 5 nitrogen and oxygen atoms in total. The monoisotopic (exact) mass is 482 g/mol. The summed E-state index contributed by atoms with van der Waals surface area (Å²) in [5.74, 6) is 0.738. The van der Waals surface area contributed by atoms with Crippen LogP contribution in [0, 0.1) is 19.9 Å². The summed E-state index contributed by atoms with van der Waals surface area (Å²) in [7, 11) is 0. The Hall–Kier alpha value is -2.30. The molecule has 6 heteroatoms. The number of aryl methyl sites for hydroxylation is 2. The van der Waals surface area contributed by atoms with Gasteiger partial charge < -0.3 is 8.98 Å². The molecule has 4 aromatic rings. The molecule has 2 aromatic heterocycles. The van der Waals surface area contributed by atoms with Gasteiger partial charge in [0, 0.05) is 31.3 Å². The maximum Gasteiger partial charge on any atom is 0.169 e. The van der Waals surface area contributed by atoms with Gasteiger partial charge in [0.25, 0.3) is 0 Å². The summed E-state index contributed by atoms with van der Waals surface area (Å²) in [4.78, 5) is 4.18. The average molecular weight is 482 g/mol. The molecule has 0 unspecified atom stereocenters. The van der Waals surface area contributed by atoms with Gasteiger partial charge in [0.05, 0.1) is 11.4 Å². The van der Waals surface area contributed by atoms with E-state index < -0.39 is 0 Å². The number of nitrogens with zero attached hydrogens (tertiary/aromatic N) is 4. The second-order valence-electron chi connectivity index (χ2n) is 5.21. The van der Waals surface area contributed by atoms with E-state index in [9.17, 15) is 0 Å². The van der Waals surface area contributed by atoms with Crippen LogP contribution in [0.15, 0.2) is 47.5 Å². The van der Waals surface area contributed by atoms with Gasteiger partial charge in [0.1, 0.15) is 6.33 Å². The van der Waals surface area contributed by atoms with Crippen LogP contribution in [0.1, 0.15) is 11.1 Å². The van der Waals surface area contributed by atoms with E-state index in [0.29, 0.717) is 5.58 Å². The van der Waals surface area contributed by atoms with E-state index >= 15 is 0 Å². The molecule has 117 valence electrons. The van der Waals surface area contributed by atoms with Gasteiger partial charge in [-0.3, -0.25) is 0 Å². The zero-order chi connectivity index (χ0) is 15.1. The van der Waals surface area contributed by atoms with Gasteiger partial charge in [-0.1, -0.05) is 18.2 Å². The van der Waals surface area contributed by atoms with Crippen molar-refractivity contribution < 1.29 is 24.5 Å². The zero-order valence-electron chi connectivity index (χ0n) is 12.6. The second kappa shape index (κ2) is 6.07. The van der Waals surface area contributed by atoms with E-state index in [4.69, 9.17) is 4.42 Å². The SMILES string of the molecule is Cc1cccc(C)c1-n1cnnc1-c1[c-]cc2ocnc2c1.[Ir]. The summed E-state index contributed by atoms with van der Waals surface area (Å²) in [5.41, 5.74) is 5.76. The summed E-state index contributed by atoms with van der Waals surface area (Å²) in [6.07, 6.45) is 3.16. The van der Waals surface area contributed by atoms with Crippen molar-refractivity contribution in [1.29, 1.82) is 0 Å². The third-order valence-corrected chi connectivity index (χ3v) is 3.73. The number of oxazole rings is 1. The van der Waals surface area contributed by atoms with Crippen molar-refractivity contribution in [2.24, 2.45) is 0 Å². The molecule has 1 radical (unpaired) electrons. The Morgan fingerprint density at radius 3 is 2.74 bits per heavy atom. The fraction of sp³-hybridized carbons (Fsp3) is 0.118.